The molecule has 1 heterocycles. The van der Waals surface area contributed by atoms with Crippen molar-refractivity contribution in [3.05, 3.63) is 75.7 Å². The lowest BCUT2D eigenvalue weighted by Gasteiger charge is -2.10. The predicted octanol–water partition coefficient (Wildman–Crippen LogP) is 3.31. The zero-order valence-electron chi connectivity index (χ0n) is 14.8. The van der Waals surface area contributed by atoms with Gasteiger partial charge in [-0.25, -0.2) is 4.98 Å². The number of methoxy groups -OCH3 is 1. The highest BCUT2D eigenvalue weighted by Gasteiger charge is 2.10. The van der Waals surface area contributed by atoms with E-state index < -0.39 is 0 Å². The molecule has 0 atom stereocenters. The molecule has 0 aliphatic carbocycles. The Hall–Kier alpha value is -3.41. The van der Waals surface area contributed by atoms with Crippen molar-refractivity contribution in [2.75, 3.05) is 12.4 Å². The lowest BCUT2D eigenvalue weighted by molar-refractivity contribution is 0.102. The number of hydrogen-bond acceptors (Lipinski definition) is 4. The van der Waals surface area contributed by atoms with Crippen LogP contribution in [0.2, 0.25) is 0 Å². The van der Waals surface area contributed by atoms with Crippen molar-refractivity contribution < 1.29 is 9.53 Å². The Labute approximate surface area is 150 Å². The second kappa shape index (κ2) is 7.23. The van der Waals surface area contributed by atoms with E-state index in [2.05, 4.69) is 15.3 Å². The summed E-state index contributed by atoms with van der Waals surface area (Å²) >= 11 is 0. The number of amides is 1. The topological polar surface area (TPSA) is 84.1 Å². The SMILES string of the molecule is COc1ccc(C(=O)Nc2cccc(-c3nc(C)cc(=O)[nH]3)c2)cc1C. The summed E-state index contributed by atoms with van der Waals surface area (Å²) < 4.78 is 5.21. The van der Waals surface area contributed by atoms with Crippen LogP contribution in [0.25, 0.3) is 11.4 Å². The summed E-state index contributed by atoms with van der Waals surface area (Å²) in [6.45, 7) is 3.65. The minimum atomic E-state index is -0.224. The summed E-state index contributed by atoms with van der Waals surface area (Å²) in [7, 11) is 1.59. The summed E-state index contributed by atoms with van der Waals surface area (Å²) in [5, 5.41) is 2.86. The number of H-pyrrole nitrogens is 1. The number of rotatable bonds is 4. The number of aryl methyl sites for hydroxylation is 2. The first-order valence-corrected chi connectivity index (χ1v) is 8.10. The van der Waals surface area contributed by atoms with E-state index in [-0.39, 0.29) is 11.5 Å². The number of nitrogens with zero attached hydrogens (tertiary/aromatic N) is 1. The molecule has 1 amide bonds. The van der Waals surface area contributed by atoms with Crippen LogP contribution in [0, 0.1) is 13.8 Å². The third-order valence-electron chi connectivity index (χ3n) is 3.92. The maximum Gasteiger partial charge on any atom is 0.255 e. The van der Waals surface area contributed by atoms with Crippen LogP contribution in [0.5, 0.6) is 5.75 Å². The van der Waals surface area contributed by atoms with Crippen LogP contribution in [0.1, 0.15) is 21.6 Å². The molecule has 0 radical (unpaired) electrons. The molecule has 0 saturated carbocycles. The van der Waals surface area contributed by atoms with E-state index in [0.717, 1.165) is 16.9 Å². The average Bonchev–Trinajstić information content (AvgIpc) is 2.61. The minimum Gasteiger partial charge on any atom is -0.496 e. The quantitative estimate of drug-likeness (QED) is 0.757. The second-order valence-electron chi connectivity index (χ2n) is 5.95. The van der Waals surface area contributed by atoms with E-state index in [1.807, 2.05) is 13.0 Å². The molecule has 3 rings (SSSR count). The van der Waals surface area contributed by atoms with Crippen molar-refractivity contribution in [3.8, 4) is 17.1 Å². The lowest BCUT2D eigenvalue weighted by Crippen LogP contribution is -2.12. The van der Waals surface area contributed by atoms with Crippen molar-refractivity contribution in [3.63, 3.8) is 0 Å². The number of aromatic amines is 1. The van der Waals surface area contributed by atoms with Crippen molar-refractivity contribution in [1.29, 1.82) is 0 Å². The van der Waals surface area contributed by atoms with E-state index >= 15 is 0 Å². The summed E-state index contributed by atoms with van der Waals surface area (Å²) in [5.74, 6) is 0.975. The van der Waals surface area contributed by atoms with Gasteiger partial charge in [-0.1, -0.05) is 12.1 Å². The van der Waals surface area contributed by atoms with Gasteiger partial charge >= 0.3 is 0 Å². The van der Waals surface area contributed by atoms with Gasteiger partial charge in [-0.15, -0.1) is 0 Å². The number of aromatic nitrogens is 2. The summed E-state index contributed by atoms with van der Waals surface area (Å²) in [6.07, 6.45) is 0. The molecule has 6 heteroatoms. The molecule has 0 aliphatic rings. The van der Waals surface area contributed by atoms with Crippen molar-refractivity contribution in [1.82, 2.24) is 9.97 Å². The van der Waals surface area contributed by atoms with Crippen LogP contribution in [-0.4, -0.2) is 23.0 Å². The fourth-order valence-electron chi connectivity index (χ4n) is 2.68. The fraction of sp³-hybridized carbons (Fsp3) is 0.150. The summed E-state index contributed by atoms with van der Waals surface area (Å²) in [6, 6.07) is 13.9. The van der Waals surface area contributed by atoms with Crippen LogP contribution in [0.4, 0.5) is 5.69 Å². The molecule has 0 unspecified atom stereocenters. The van der Waals surface area contributed by atoms with Gasteiger partial charge in [-0.05, 0) is 49.7 Å². The van der Waals surface area contributed by atoms with Gasteiger partial charge in [0.1, 0.15) is 11.6 Å². The van der Waals surface area contributed by atoms with Gasteiger partial charge in [0.15, 0.2) is 0 Å². The highest BCUT2D eigenvalue weighted by Crippen LogP contribution is 2.21. The standard InChI is InChI=1S/C20H19N3O3/c1-12-9-15(7-8-17(12)26-3)20(25)22-16-6-4-5-14(11-16)19-21-13(2)10-18(24)23-19/h4-11H,1-3H3,(H,22,25)(H,21,23,24). The summed E-state index contributed by atoms with van der Waals surface area (Å²) in [4.78, 5) is 31.2. The molecule has 2 N–H and O–H groups in total. The van der Waals surface area contributed by atoms with E-state index in [0.29, 0.717) is 22.8 Å². The van der Waals surface area contributed by atoms with Crippen LogP contribution < -0.4 is 15.6 Å². The third kappa shape index (κ3) is 3.80. The Morgan fingerprint density at radius 2 is 1.92 bits per heavy atom. The van der Waals surface area contributed by atoms with Crippen molar-refractivity contribution in [2.45, 2.75) is 13.8 Å². The molecule has 0 saturated heterocycles. The highest BCUT2D eigenvalue weighted by atomic mass is 16.5. The van der Waals surface area contributed by atoms with Crippen LogP contribution in [-0.2, 0) is 0 Å². The van der Waals surface area contributed by atoms with Gasteiger partial charge in [0.05, 0.1) is 7.11 Å². The Balaban J connectivity index is 1.85. The molecule has 6 nitrogen and oxygen atoms in total. The van der Waals surface area contributed by atoms with Gasteiger partial charge in [-0.3, -0.25) is 9.59 Å². The molecular formula is C20H19N3O3. The smallest absolute Gasteiger partial charge is 0.255 e. The van der Waals surface area contributed by atoms with E-state index in [1.165, 1.54) is 6.07 Å². The number of carbonyl (C=O) groups is 1. The third-order valence-corrected chi connectivity index (χ3v) is 3.92. The lowest BCUT2D eigenvalue weighted by atomic mass is 10.1. The molecule has 0 spiro atoms. The monoisotopic (exact) mass is 349 g/mol. The number of ether oxygens (including phenoxy) is 1. The van der Waals surface area contributed by atoms with Crippen LogP contribution in [0.3, 0.4) is 0 Å². The number of nitrogens with one attached hydrogen (secondary N) is 2. The normalized spacial score (nSPS) is 10.4. The average molecular weight is 349 g/mol. The van der Waals surface area contributed by atoms with E-state index in [1.54, 1.807) is 50.4 Å². The zero-order valence-corrected chi connectivity index (χ0v) is 14.8. The van der Waals surface area contributed by atoms with Gasteiger partial charge in [0, 0.05) is 28.6 Å². The first-order valence-electron chi connectivity index (χ1n) is 8.10. The molecule has 0 bridgehead atoms. The number of carbonyl (C=O) groups excluding carboxylic acids is 1. The van der Waals surface area contributed by atoms with Gasteiger partial charge in [-0.2, -0.15) is 0 Å². The Kier molecular flexibility index (Phi) is 4.84. The first-order chi connectivity index (χ1) is 12.5. The maximum atomic E-state index is 12.5. The van der Waals surface area contributed by atoms with E-state index in [4.69, 9.17) is 4.74 Å². The maximum absolute atomic E-state index is 12.5. The molecule has 0 aliphatic heterocycles. The van der Waals surface area contributed by atoms with Crippen LogP contribution in [0.15, 0.2) is 53.3 Å². The number of benzene rings is 2. The molecular weight excluding hydrogens is 330 g/mol. The Morgan fingerprint density at radius 3 is 2.62 bits per heavy atom. The molecule has 0 fully saturated rings. The largest absolute Gasteiger partial charge is 0.496 e. The van der Waals surface area contributed by atoms with Gasteiger partial charge in [0.25, 0.3) is 11.5 Å². The number of anilines is 1. The molecule has 3 aromatic rings. The molecule has 26 heavy (non-hydrogen) atoms. The van der Waals surface area contributed by atoms with Crippen LogP contribution >= 0.6 is 0 Å². The van der Waals surface area contributed by atoms with Gasteiger partial charge < -0.3 is 15.0 Å². The van der Waals surface area contributed by atoms with E-state index in [9.17, 15) is 9.59 Å². The molecule has 2 aromatic carbocycles. The highest BCUT2D eigenvalue weighted by molar-refractivity contribution is 6.04. The first kappa shape index (κ1) is 17.4. The minimum absolute atomic E-state index is 0.212. The Bertz CT molecular complexity index is 1020. The molecule has 132 valence electrons. The fourth-order valence-corrected chi connectivity index (χ4v) is 2.68. The second-order valence-corrected chi connectivity index (χ2v) is 5.95. The molecule has 1 aromatic heterocycles. The van der Waals surface area contributed by atoms with Crippen molar-refractivity contribution >= 4 is 11.6 Å². The van der Waals surface area contributed by atoms with Crippen molar-refractivity contribution in [2.24, 2.45) is 0 Å². The predicted molar refractivity (Wildman–Crippen MR) is 101 cm³/mol. The van der Waals surface area contributed by atoms with Gasteiger partial charge in [0.2, 0.25) is 0 Å². The number of hydrogen-bond donors (Lipinski definition) is 2. The zero-order chi connectivity index (χ0) is 18.7. The Morgan fingerprint density at radius 1 is 1.12 bits per heavy atom. The summed E-state index contributed by atoms with van der Waals surface area (Å²) in [5.41, 5.74) is 3.17.